The molecule has 2 aromatic carbocycles. The Bertz CT molecular complexity index is 1010. The minimum Gasteiger partial charge on any atom is -0.316 e. The van der Waals surface area contributed by atoms with Gasteiger partial charge in [0.25, 0.3) is 5.69 Å². The Hall–Kier alpha value is -3.26. The molecule has 0 atom stereocenters. The average molecular weight is 325 g/mol. The van der Waals surface area contributed by atoms with Crippen molar-refractivity contribution in [2.45, 2.75) is 6.54 Å². The lowest BCUT2D eigenvalue weighted by atomic mass is 10.1. The van der Waals surface area contributed by atoms with Gasteiger partial charge >= 0.3 is 11.1 Å². The molecule has 0 saturated heterocycles. The number of benzene rings is 2. The van der Waals surface area contributed by atoms with Gasteiger partial charge in [0.2, 0.25) is 0 Å². The van der Waals surface area contributed by atoms with Crippen molar-refractivity contribution < 1.29 is 4.92 Å². The second-order valence-electron chi connectivity index (χ2n) is 5.13. The molecule has 8 heteroatoms. The van der Waals surface area contributed by atoms with Crippen LogP contribution in [-0.4, -0.2) is 14.9 Å². The molecule has 0 fully saturated rings. The molecule has 1 aromatic heterocycles. The number of H-pyrrole nitrogens is 2. The quantitative estimate of drug-likeness (QED) is 0.372. The summed E-state index contributed by atoms with van der Waals surface area (Å²) in [4.78, 5) is 38.3. The number of hydrogen-bond donors (Lipinski definition) is 3. The van der Waals surface area contributed by atoms with E-state index in [9.17, 15) is 19.7 Å². The van der Waals surface area contributed by atoms with Crippen LogP contribution in [0.15, 0.2) is 52.1 Å². The summed E-state index contributed by atoms with van der Waals surface area (Å²) in [6.45, 7) is 2.00. The van der Waals surface area contributed by atoms with Crippen LogP contribution >= 0.6 is 0 Å². The summed E-state index contributed by atoms with van der Waals surface area (Å²) < 4.78 is 0. The van der Waals surface area contributed by atoms with Crippen molar-refractivity contribution in [3.8, 4) is 0 Å². The summed E-state index contributed by atoms with van der Waals surface area (Å²) in [5, 5.41) is 14.1. The van der Waals surface area contributed by atoms with Gasteiger partial charge < -0.3 is 15.3 Å². The Labute approximate surface area is 135 Å². The molecule has 0 saturated carbocycles. The van der Waals surface area contributed by atoms with Gasteiger partial charge in [0, 0.05) is 18.7 Å². The highest BCUT2D eigenvalue weighted by Crippen LogP contribution is 2.21. The van der Waals surface area contributed by atoms with Crippen LogP contribution < -0.4 is 16.4 Å². The Balaban J connectivity index is 1.95. The number of nitro benzene ring substituents is 1. The number of non-ortho nitro benzene ring substituents is 1. The van der Waals surface area contributed by atoms with Crippen LogP contribution in [0.2, 0.25) is 0 Å². The number of nitrogens with one attached hydrogen (secondary N) is 3. The van der Waals surface area contributed by atoms with E-state index in [1.807, 2.05) is 30.3 Å². The molecular weight excluding hydrogens is 312 g/mol. The van der Waals surface area contributed by atoms with Crippen LogP contribution in [0.3, 0.4) is 0 Å². The average Bonchev–Trinajstić information content (AvgIpc) is 2.57. The van der Waals surface area contributed by atoms with Crippen molar-refractivity contribution in [2.24, 2.45) is 0 Å². The molecule has 0 unspecified atom stereocenters. The van der Waals surface area contributed by atoms with E-state index in [0.29, 0.717) is 11.1 Å². The van der Waals surface area contributed by atoms with E-state index in [1.165, 1.54) is 12.1 Å². The van der Waals surface area contributed by atoms with E-state index in [1.54, 1.807) is 6.54 Å². The standard InChI is InChI=1S/C16H13N4O4/c21-15-16(22)19-14-11(6-12(20(23)24)7-13(14)18-15)9-17-8-10-4-2-1-3-5-10/h1-8,17H,9H2,(H,18,21)(H,19,22). The van der Waals surface area contributed by atoms with Gasteiger partial charge in [-0.2, -0.15) is 0 Å². The normalized spacial score (nSPS) is 10.8. The third kappa shape index (κ3) is 3.23. The Kier molecular flexibility index (Phi) is 4.21. The van der Waals surface area contributed by atoms with E-state index >= 15 is 0 Å². The monoisotopic (exact) mass is 325 g/mol. The van der Waals surface area contributed by atoms with Crippen LogP contribution in [0.4, 0.5) is 5.69 Å². The molecule has 8 nitrogen and oxygen atoms in total. The molecule has 1 radical (unpaired) electrons. The third-order valence-electron chi connectivity index (χ3n) is 3.47. The van der Waals surface area contributed by atoms with Crippen LogP contribution in [0, 0.1) is 16.7 Å². The minimum atomic E-state index is -0.849. The first-order valence-corrected chi connectivity index (χ1v) is 7.10. The molecule has 0 bridgehead atoms. The fourth-order valence-corrected chi connectivity index (χ4v) is 2.35. The molecule has 0 aliphatic heterocycles. The maximum Gasteiger partial charge on any atom is 0.314 e. The summed E-state index contributed by atoms with van der Waals surface area (Å²) >= 11 is 0. The Morgan fingerprint density at radius 3 is 2.50 bits per heavy atom. The van der Waals surface area contributed by atoms with Gasteiger partial charge in [-0.05, 0) is 11.1 Å². The smallest absolute Gasteiger partial charge is 0.314 e. The number of hydrogen-bond acceptors (Lipinski definition) is 5. The number of nitro groups is 1. The van der Waals surface area contributed by atoms with E-state index in [-0.39, 0.29) is 17.7 Å². The summed E-state index contributed by atoms with van der Waals surface area (Å²) in [7, 11) is 0. The molecule has 3 rings (SSSR count). The number of aromatic amines is 2. The minimum absolute atomic E-state index is 0.165. The van der Waals surface area contributed by atoms with Crippen molar-refractivity contribution >= 4 is 16.7 Å². The predicted molar refractivity (Wildman–Crippen MR) is 88.5 cm³/mol. The van der Waals surface area contributed by atoms with Crippen molar-refractivity contribution in [1.82, 2.24) is 15.3 Å². The van der Waals surface area contributed by atoms with E-state index in [2.05, 4.69) is 15.3 Å². The van der Waals surface area contributed by atoms with Gasteiger partial charge in [0.05, 0.1) is 22.5 Å². The highest BCUT2D eigenvalue weighted by atomic mass is 16.6. The first-order valence-electron chi connectivity index (χ1n) is 7.10. The van der Waals surface area contributed by atoms with Crippen LogP contribution in [0.5, 0.6) is 0 Å². The largest absolute Gasteiger partial charge is 0.316 e. The zero-order chi connectivity index (χ0) is 17.1. The first kappa shape index (κ1) is 15.6. The lowest BCUT2D eigenvalue weighted by molar-refractivity contribution is -0.384. The molecule has 121 valence electrons. The first-order chi connectivity index (χ1) is 11.5. The number of fused-ring (bicyclic) bond motifs is 1. The van der Waals surface area contributed by atoms with Gasteiger partial charge in [-0.1, -0.05) is 30.3 Å². The van der Waals surface area contributed by atoms with Gasteiger partial charge in [0.1, 0.15) is 0 Å². The maximum atomic E-state index is 11.5. The summed E-state index contributed by atoms with van der Waals surface area (Å²) in [6, 6.07) is 12.1. The predicted octanol–water partition coefficient (Wildman–Crippen LogP) is 1.42. The molecule has 0 aliphatic rings. The summed E-state index contributed by atoms with van der Waals surface area (Å²) in [5.74, 6) is 0. The Morgan fingerprint density at radius 1 is 1.08 bits per heavy atom. The Morgan fingerprint density at radius 2 is 1.79 bits per heavy atom. The molecule has 0 aliphatic carbocycles. The van der Waals surface area contributed by atoms with Crippen molar-refractivity contribution in [1.29, 1.82) is 0 Å². The number of rotatable bonds is 5. The fraction of sp³-hybridized carbons (Fsp3) is 0.0625. The lowest BCUT2D eigenvalue weighted by Crippen LogP contribution is -2.29. The summed E-state index contributed by atoms with van der Waals surface area (Å²) in [6.07, 6.45) is 0. The van der Waals surface area contributed by atoms with Gasteiger partial charge in [0.15, 0.2) is 0 Å². The zero-order valence-corrected chi connectivity index (χ0v) is 12.4. The summed E-state index contributed by atoms with van der Waals surface area (Å²) in [5.41, 5.74) is 0.197. The molecule has 3 N–H and O–H groups in total. The van der Waals surface area contributed by atoms with Crippen molar-refractivity contribution in [2.75, 3.05) is 0 Å². The van der Waals surface area contributed by atoms with Crippen molar-refractivity contribution in [3.05, 3.63) is 91.0 Å². The van der Waals surface area contributed by atoms with Crippen LogP contribution in [0.1, 0.15) is 11.1 Å². The molecule has 1 heterocycles. The molecule has 24 heavy (non-hydrogen) atoms. The van der Waals surface area contributed by atoms with Crippen molar-refractivity contribution in [3.63, 3.8) is 0 Å². The molecule has 0 spiro atoms. The molecule has 0 amide bonds. The molecule has 3 aromatic rings. The van der Waals surface area contributed by atoms with Gasteiger partial charge in [-0.25, -0.2) is 0 Å². The zero-order valence-electron chi connectivity index (χ0n) is 12.4. The second-order valence-corrected chi connectivity index (χ2v) is 5.13. The molecular formula is C16H13N4O4. The van der Waals surface area contributed by atoms with Gasteiger partial charge in [-0.15, -0.1) is 0 Å². The SMILES string of the molecule is O=c1[nH]c2cc([N+](=O)[O-])cc(CN[CH]c3ccccc3)c2[nH]c1=O. The topological polar surface area (TPSA) is 121 Å². The third-order valence-corrected chi connectivity index (χ3v) is 3.47. The van der Waals surface area contributed by atoms with Crippen LogP contribution in [-0.2, 0) is 6.54 Å². The van der Waals surface area contributed by atoms with E-state index in [0.717, 1.165) is 5.56 Å². The highest BCUT2D eigenvalue weighted by molar-refractivity contribution is 5.80. The van der Waals surface area contributed by atoms with Crippen LogP contribution in [0.25, 0.3) is 11.0 Å². The van der Waals surface area contributed by atoms with Gasteiger partial charge in [-0.3, -0.25) is 19.7 Å². The second kappa shape index (κ2) is 6.47. The highest BCUT2D eigenvalue weighted by Gasteiger charge is 2.13. The maximum absolute atomic E-state index is 11.5. The van der Waals surface area contributed by atoms with E-state index < -0.39 is 16.0 Å². The number of nitrogens with zero attached hydrogens (tertiary/aromatic N) is 1. The number of aromatic nitrogens is 2. The fourth-order valence-electron chi connectivity index (χ4n) is 2.35. The lowest BCUT2D eigenvalue weighted by Gasteiger charge is -2.08. The van der Waals surface area contributed by atoms with E-state index in [4.69, 9.17) is 0 Å².